The van der Waals surface area contributed by atoms with Crippen LogP contribution in [-0.2, 0) is 0 Å². The molecule has 0 nitrogen and oxygen atoms in total. The van der Waals surface area contributed by atoms with Crippen molar-refractivity contribution in [1.29, 1.82) is 0 Å². The summed E-state index contributed by atoms with van der Waals surface area (Å²) < 4.78 is 12.9. The highest BCUT2D eigenvalue weighted by Crippen LogP contribution is 2.20. The summed E-state index contributed by atoms with van der Waals surface area (Å²) in [6.45, 7) is 6.11. The fourth-order valence-electron chi connectivity index (χ4n) is 1.21. The van der Waals surface area contributed by atoms with Gasteiger partial charge in [0.05, 0.1) is 0 Å². The van der Waals surface area contributed by atoms with Gasteiger partial charge in [-0.3, -0.25) is 0 Å². The quantitative estimate of drug-likeness (QED) is 0.629. The normalized spacial score (nSPS) is 13.0. The molecule has 1 aromatic rings. The second-order valence-corrected chi connectivity index (χ2v) is 3.32. The lowest BCUT2D eigenvalue weighted by molar-refractivity contribution is 0.615. The van der Waals surface area contributed by atoms with Crippen molar-refractivity contribution >= 4 is 0 Å². The van der Waals surface area contributed by atoms with E-state index in [1.54, 1.807) is 13.0 Å². The molecule has 66 valence electrons. The van der Waals surface area contributed by atoms with Crippen molar-refractivity contribution in [1.82, 2.24) is 0 Å². The summed E-state index contributed by atoms with van der Waals surface area (Å²) in [6, 6.07) is 5.36. The Labute approximate surface area is 73.4 Å². The van der Waals surface area contributed by atoms with Crippen LogP contribution in [0.2, 0.25) is 0 Å². The molecule has 12 heavy (non-hydrogen) atoms. The lowest BCUT2D eigenvalue weighted by Gasteiger charge is -2.09. The van der Waals surface area contributed by atoms with Crippen LogP contribution in [0.15, 0.2) is 18.2 Å². The predicted octanol–water partition coefficient (Wildman–Crippen LogP) is 3.65. The number of hydrogen-bond acceptors (Lipinski definition) is 0. The molecule has 0 spiro atoms. The maximum Gasteiger partial charge on any atom is 0.126 e. The Balaban J connectivity index is 2.96. The molecule has 0 saturated heterocycles. The zero-order valence-electron chi connectivity index (χ0n) is 7.89. The predicted molar refractivity (Wildman–Crippen MR) is 49.8 cm³/mol. The average Bonchev–Trinajstić information content (AvgIpc) is 2.08. The van der Waals surface area contributed by atoms with E-state index in [-0.39, 0.29) is 5.82 Å². The van der Waals surface area contributed by atoms with Gasteiger partial charge in [-0.1, -0.05) is 26.0 Å². The van der Waals surface area contributed by atoms with Crippen molar-refractivity contribution in [3.8, 4) is 0 Å². The van der Waals surface area contributed by atoms with E-state index in [0.29, 0.717) is 5.92 Å². The summed E-state index contributed by atoms with van der Waals surface area (Å²) in [6.07, 6.45) is 1.10. The van der Waals surface area contributed by atoms with E-state index >= 15 is 0 Å². The first-order chi connectivity index (χ1) is 5.65. The van der Waals surface area contributed by atoms with Crippen LogP contribution >= 0.6 is 0 Å². The fourth-order valence-corrected chi connectivity index (χ4v) is 1.21. The van der Waals surface area contributed by atoms with E-state index in [9.17, 15) is 4.39 Å². The molecule has 0 aliphatic carbocycles. The van der Waals surface area contributed by atoms with E-state index in [1.807, 2.05) is 12.1 Å². The molecule has 0 amide bonds. The van der Waals surface area contributed by atoms with Gasteiger partial charge >= 0.3 is 0 Å². The summed E-state index contributed by atoms with van der Waals surface area (Å²) in [5, 5.41) is 0. The Morgan fingerprint density at radius 3 is 2.58 bits per heavy atom. The van der Waals surface area contributed by atoms with Crippen LogP contribution in [0.1, 0.15) is 37.3 Å². The van der Waals surface area contributed by atoms with Gasteiger partial charge in [-0.2, -0.15) is 0 Å². The SMILES string of the molecule is CCC(C)c1ccc(F)c(C)c1. The van der Waals surface area contributed by atoms with E-state index in [4.69, 9.17) is 0 Å². The molecule has 1 heteroatoms. The van der Waals surface area contributed by atoms with Gasteiger partial charge in [-0.15, -0.1) is 0 Å². The van der Waals surface area contributed by atoms with Crippen molar-refractivity contribution in [2.45, 2.75) is 33.1 Å². The van der Waals surface area contributed by atoms with Gasteiger partial charge in [0.15, 0.2) is 0 Å². The first kappa shape index (κ1) is 9.24. The molecule has 0 aliphatic rings. The van der Waals surface area contributed by atoms with Gasteiger partial charge in [0.2, 0.25) is 0 Å². The number of aryl methyl sites for hydroxylation is 1. The molecule has 0 fully saturated rings. The molecule has 0 radical (unpaired) electrons. The van der Waals surface area contributed by atoms with Crippen molar-refractivity contribution in [3.63, 3.8) is 0 Å². The summed E-state index contributed by atoms with van der Waals surface area (Å²) in [7, 11) is 0. The van der Waals surface area contributed by atoms with Gasteiger partial charge in [-0.05, 0) is 36.5 Å². The van der Waals surface area contributed by atoms with Crippen LogP contribution in [0.4, 0.5) is 4.39 Å². The molecule has 1 aromatic carbocycles. The Kier molecular flexibility index (Phi) is 2.85. The lowest BCUT2D eigenvalue weighted by atomic mass is 9.97. The smallest absolute Gasteiger partial charge is 0.126 e. The minimum Gasteiger partial charge on any atom is -0.207 e. The minimum absolute atomic E-state index is 0.109. The largest absolute Gasteiger partial charge is 0.207 e. The number of rotatable bonds is 2. The summed E-state index contributed by atoms with van der Waals surface area (Å²) in [5.41, 5.74) is 1.98. The molecular formula is C11H15F. The fraction of sp³-hybridized carbons (Fsp3) is 0.455. The molecule has 0 aliphatic heterocycles. The third-order valence-electron chi connectivity index (χ3n) is 2.36. The monoisotopic (exact) mass is 166 g/mol. The van der Waals surface area contributed by atoms with E-state index in [1.165, 1.54) is 5.56 Å². The van der Waals surface area contributed by atoms with Gasteiger partial charge in [-0.25, -0.2) is 4.39 Å². The topological polar surface area (TPSA) is 0 Å². The molecule has 0 bridgehead atoms. The number of hydrogen-bond donors (Lipinski definition) is 0. The second-order valence-electron chi connectivity index (χ2n) is 3.32. The first-order valence-electron chi connectivity index (χ1n) is 4.41. The molecule has 0 aromatic heterocycles. The first-order valence-corrected chi connectivity index (χ1v) is 4.41. The van der Waals surface area contributed by atoms with Crippen molar-refractivity contribution in [3.05, 3.63) is 35.1 Å². The molecule has 1 unspecified atom stereocenters. The molecule has 1 atom stereocenters. The highest BCUT2D eigenvalue weighted by Gasteiger charge is 2.04. The van der Waals surface area contributed by atoms with Gasteiger partial charge in [0.1, 0.15) is 5.82 Å². The number of benzene rings is 1. The zero-order chi connectivity index (χ0) is 9.14. The van der Waals surface area contributed by atoms with Crippen LogP contribution in [0.25, 0.3) is 0 Å². The number of halogens is 1. The second kappa shape index (κ2) is 3.70. The Morgan fingerprint density at radius 2 is 2.08 bits per heavy atom. The van der Waals surface area contributed by atoms with Crippen molar-refractivity contribution < 1.29 is 4.39 Å². The highest BCUT2D eigenvalue weighted by atomic mass is 19.1. The Morgan fingerprint density at radius 1 is 1.42 bits per heavy atom. The minimum atomic E-state index is -0.109. The molecule has 1 rings (SSSR count). The molecule has 0 N–H and O–H groups in total. The molecular weight excluding hydrogens is 151 g/mol. The Bertz CT molecular complexity index is 266. The highest BCUT2D eigenvalue weighted by molar-refractivity contribution is 5.26. The van der Waals surface area contributed by atoms with E-state index in [2.05, 4.69) is 13.8 Å². The summed E-state index contributed by atoms with van der Waals surface area (Å²) in [4.78, 5) is 0. The van der Waals surface area contributed by atoms with Crippen molar-refractivity contribution in [2.24, 2.45) is 0 Å². The van der Waals surface area contributed by atoms with E-state index < -0.39 is 0 Å². The van der Waals surface area contributed by atoms with Crippen LogP contribution < -0.4 is 0 Å². The third kappa shape index (κ3) is 1.84. The molecule has 0 saturated carbocycles. The standard InChI is InChI=1S/C11H15F/c1-4-8(2)10-5-6-11(12)9(3)7-10/h5-8H,4H2,1-3H3. The van der Waals surface area contributed by atoms with Crippen LogP contribution in [0.3, 0.4) is 0 Å². The lowest BCUT2D eigenvalue weighted by Crippen LogP contribution is -1.93. The molecule has 0 heterocycles. The third-order valence-corrected chi connectivity index (χ3v) is 2.36. The average molecular weight is 166 g/mol. The summed E-state index contributed by atoms with van der Waals surface area (Å²) >= 11 is 0. The van der Waals surface area contributed by atoms with Crippen LogP contribution in [0, 0.1) is 12.7 Å². The Hall–Kier alpha value is -0.850. The summed E-state index contributed by atoms with van der Waals surface area (Å²) in [5.74, 6) is 0.423. The van der Waals surface area contributed by atoms with E-state index in [0.717, 1.165) is 12.0 Å². The van der Waals surface area contributed by atoms with Gasteiger partial charge in [0, 0.05) is 0 Å². The maximum atomic E-state index is 12.9. The van der Waals surface area contributed by atoms with Crippen molar-refractivity contribution in [2.75, 3.05) is 0 Å². The van der Waals surface area contributed by atoms with Gasteiger partial charge < -0.3 is 0 Å². The zero-order valence-corrected chi connectivity index (χ0v) is 7.89. The van der Waals surface area contributed by atoms with Crippen LogP contribution in [0.5, 0.6) is 0 Å². The van der Waals surface area contributed by atoms with Gasteiger partial charge in [0.25, 0.3) is 0 Å². The maximum absolute atomic E-state index is 12.9. The van der Waals surface area contributed by atoms with Crippen LogP contribution in [-0.4, -0.2) is 0 Å².